The van der Waals surface area contributed by atoms with Crippen molar-refractivity contribution in [3.8, 4) is 10.6 Å². The Morgan fingerprint density at radius 2 is 1.67 bits per heavy atom. The van der Waals surface area contributed by atoms with E-state index in [2.05, 4.69) is 4.98 Å². The Balaban J connectivity index is 1.99. The van der Waals surface area contributed by atoms with Crippen molar-refractivity contribution in [2.45, 2.75) is 6.92 Å². The number of rotatable bonds is 3. The molecule has 0 aliphatic carbocycles. The average Bonchev–Trinajstić information content (AvgIpc) is 2.95. The van der Waals surface area contributed by atoms with Crippen LogP contribution in [0.3, 0.4) is 0 Å². The molecule has 1 aromatic heterocycles. The molecule has 0 fully saturated rings. The van der Waals surface area contributed by atoms with Gasteiger partial charge in [0.15, 0.2) is 0 Å². The molecule has 0 N–H and O–H groups in total. The molecule has 122 valence electrons. The van der Waals surface area contributed by atoms with Gasteiger partial charge in [-0.25, -0.2) is 13.8 Å². The molecule has 0 atom stereocenters. The zero-order valence-corrected chi connectivity index (χ0v) is 13.9. The van der Waals surface area contributed by atoms with Gasteiger partial charge in [-0.15, -0.1) is 11.3 Å². The fraction of sp³-hybridized carbons (Fsp3) is 0.111. The second-order valence-corrected chi connectivity index (χ2v) is 6.23. The van der Waals surface area contributed by atoms with Crippen LogP contribution in [-0.2, 0) is 0 Å². The smallest absolute Gasteiger partial charge is 0.270 e. The third kappa shape index (κ3) is 2.92. The van der Waals surface area contributed by atoms with Gasteiger partial charge in [-0.3, -0.25) is 4.79 Å². The van der Waals surface area contributed by atoms with Crippen molar-refractivity contribution >= 4 is 22.9 Å². The SMILES string of the molecule is Cc1nc(-c2c(F)cccc2F)sc1C(=O)N(C)c1ccccc1. The van der Waals surface area contributed by atoms with E-state index >= 15 is 0 Å². The molecule has 3 nitrogen and oxygen atoms in total. The minimum absolute atomic E-state index is 0.160. The molecule has 0 aliphatic heterocycles. The number of thiazole rings is 1. The summed E-state index contributed by atoms with van der Waals surface area (Å²) < 4.78 is 27.9. The number of para-hydroxylation sites is 1. The summed E-state index contributed by atoms with van der Waals surface area (Å²) in [6.07, 6.45) is 0. The highest BCUT2D eigenvalue weighted by Crippen LogP contribution is 2.32. The topological polar surface area (TPSA) is 33.2 Å². The molecule has 1 amide bonds. The van der Waals surface area contributed by atoms with Gasteiger partial charge in [0, 0.05) is 12.7 Å². The predicted octanol–water partition coefficient (Wildman–Crippen LogP) is 4.67. The molecule has 0 spiro atoms. The Hall–Kier alpha value is -2.60. The summed E-state index contributed by atoms with van der Waals surface area (Å²) in [6.45, 7) is 1.66. The van der Waals surface area contributed by atoms with E-state index in [0.29, 0.717) is 10.6 Å². The van der Waals surface area contributed by atoms with Crippen molar-refractivity contribution in [2.75, 3.05) is 11.9 Å². The average molecular weight is 344 g/mol. The van der Waals surface area contributed by atoms with Gasteiger partial charge in [-0.05, 0) is 31.2 Å². The summed E-state index contributed by atoms with van der Waals surface area (Å²) in [7, 11) is 1.65. The van der Waals surface area contributed by atoms with Crippen LogP contribution in [0.5, 0.6) is 0 Å². The Bertz CT molecular complexity index is 873. The number of nitrogens with zero attached hydrogens (tertiary/aromatic N) is 2. The molecule has 0 aliphatic rings. The van der Waals surface area contributed by atoms with Crippen LogP contribution in [0.15, 0.2) is 48.5 Å². The van der Waals surface area contributed by atoms with Gasteiger partial charge in [0.25, 0.3) is 5.91 Å². The van der Waals surface area contributed by atoms with Crippen LogP contribution in [0.2, 0.25) is 0 Å². The second-order valence-electron chi connectivity index (χ2n) is 5.23. The Kier molecular flexibility index (Phi) is 4.40. The first-order chi connectivity index (χ1) is 11.5. The van der Waals surface area contributed by atoms with Crippen LogP contribution in [0, 0.1) is 18.6 Å². The summed E-state index contributed by atoms with van der Waals surface area (Å²) in [5, 5.41) is 0.160. The molecule has 0 saturated carbocycles. The van der Waals surface area contributed by atoms with Crippen LogP contribution in [-0.4, -0.2) is 17.9 Å². The van der Waals surface area contributed by atoms with E-state index in [9.17, 15) is 13.6 Å². The number of carbonyl (C=O) groups is 1. The minimum Gasteiger partial charge on any atom is -0.311 e. The number of hydrogen-bond donors (Lipinski definition) is 0. The lowest BCUT2D eigenvalue weighted by molar-refractivity contribution is 0.0996. The molecule has 0 unspecified atom stereocenters. The fourth-order valence-electron chi connectivity index (χ4n) is 2.33. The number of halogens is 2. The van der Waals surface area contributed by atoms with Gasteiger partial charge >= 0.3 is 0 Å². The lowest BCUT2D eigenvalue weighted by atomic mass is 10.2. The molecule has 1 heterocycles. The number of amides is 1. The summed E-state index contributed by atoms with van der Waals surface area (Å²) in [5.74, 6) is -1.66. The van der Waals surface area contributed by atoms with Crippen LogP contribution in [0.1, 0.15) is 15.4 Å². The summed E-state index contributed by atoms with van der Waals surface area (Å²) in [4.78, 5) is 18.7. The van der Waals surface area contributed by atoms with Crippen LogP contribution in [0.25, 0.3) is 10.6 Å². The first kappa shape index (κ1) is 16.3. The maximum Gasteiger partial charge on any atom is 0.270 e. The molecule has 2 aromatic carbocycles. The van der Waals surface area contributed by atoms with E-state index < -0.39 is 11.6 Å². The lowest BCUT2D eigenvalue weighted by Gasteiger charge is -2.16. The first-order valence-corrected chi connectivity index (χ1v) is 8.05. The molecule has 6 heteroatoms. The number of carbonyl (C=O) groups excluding carboxylic acids is 1. The van der Waals surface area contributed by atoms with Crippen LogP contribution in [0.4, 0.5) is 14.5 Å². The Morgan fingerprint density at radius 3 is 2.29 bits per heavy atom. The zero-order chi connectivity index (χ0) is 17.3. The van der Waals surface area contributed by atoms with Gasteiger partial charge in [-0.1, -0.05) is 24.3 Å². The second kappa shape index (κ2) is 6.49. The number of benzene rings is 2. The van der Waals surface area contributed by atoms with Crippen molar-refractivity contribution in [2.24, 2.45) is 0 Å². The van der Waals surface area contributed by atoms with Crippen molar-refractivity contribution in [3.05, 3.63) is 70.7 Å². The van der Waals surface area contributed by atoms with E-state index in [4.69, 9.17) is 0 Å². The maximum atomic E-state index is 13.9. The number of hydrogen-bond acceptors (Lipinski definition) is 3. The van der Waals surface area contributed by atoms with Gasteiger partial charge in [0.1, 0.15) is 21.5 Å². The third-order valence-electron chi connectivity index (χ3n) is 3.62. The highest BCUT2D eigenvalue weighted by Gasteiger charge is 2.23. The number of anilines is 1. The number of aryl methyl sites for hydroxylation is 1. The van der Waals surface area contributed by atoms with Gasteiger partial charge < -0.3 is 4.90 Å². The van der Waals surface area contributed by atoms with E-state index in [1.54, 1.807) is 14.0 Å². The highest BCUT2D eigenvalue weighted by atomic mass is 32.1. The van der Waals surface area contributed by atoms with Gasteiger partial charge in [-0.2, -0.15) is 0 Å². The molecular formula is C18H14F2N2OS. The summed E-state index contributed by atoms with van der Waals surface area (Å²) >= 11 is 0.990. The lowest BCUT2D eigenvalue weighted by Crippen LogP contribution is -2.25. The van der Waals surface area contributed by atoms with Crippen molar-refractivity contribution < 1.29 is 13.6 Å². The Morgan fingerprint density at radius 1 is 1.04 bits per heavy atom. The molecule has 0 radical (unpaired) electrons. The molecule has 3 rings (SSSR count). The van der Waals surface area contributed by atoms with Gasteiger partial charge in [0.2, 0.25) is 0 Å². The quantitative estimate of drug-likeness (QED) is 0.691. The first-order valence-electron chi connectivity index (χ1n) is 7.24. The number of aromatic nitrogens is 1. The molecule has 3 aromatic rings. The summed E-state index contributed by atoms with van der Waals surface area (Å²) in [6, 6.07) is 12.8. The van der Waals surface area contributed by atoms with Gasteiger partial charge in [0.05, 0.1) is 11.3 Å². The molecule has 24 heavy (non-hydrogen) atoms. The van der Waals surface area contributed by atoms with Crippen LogP contribution < -0.4 is 4.90 Å². The van der Waals surface area contributed by atoms with E-state index in [0.717, 1.165) is 17.0 Å². The van der Waals surface area contributed by atoms with Crippen LogP contribution >= 0.6 is 11.3 Å². The molecule has 0 bridgehead atoms. The Labute approximate surface area is 142 Å². The molecule has 0 saturated heterocycles. The summed E-state index contributed by atoms with van der Waals surface area (Å²) in [5.41, 5.74) is 0.978. The highest BCUT2D eigenvalue weighted by molar-refractivity contribution is 7.17. The minimum atomic E-state index is -0.695. The standard InChI is InChI=1S/C18H14F2N2OS/c1-11-16(18(23)22(2)12-7-4-3-5-8-12)24-17(21-11)15-13(19)9-6-10-14(15)20/h3-10H,1-2H3. The van der Waals surface area contributed by atoms with E-state index in [1.165, 1.54) is 23.1 Å². The van der Waals surface area contributed by atoms with E-state index in [-0.39, 0.29) is 16.5 Å². The van der Waals surface area contributed by atoms with E-state index in [1.807, 2.05) is 30.3 Å². The third-order valence-corrected chi connectivity index (χ3v) is 4.78. The molecular weight excluding hydrogens is 330 g/mol. The monoisotopic (exact) mass is 344 g/mol. The normalized spacial score (nSPS) is 10.7. The predicted molar refractivity (Wildman–Crippen MR) is 91.4 cm³/mol. The van der Waals surface area contributed by atoms with Crippen molar-refractivity contribution in [1.82, 2.24) is 4.98 Å². The van der Waals surface area contributed by atoms with Crippen molar-refractivity contribution in [3.63, 3.8) is 0 Å². The maximum absolute atomic E-state index is 13.9. The zero-order valence-electron chi connectivity index (χ0n) is 13.1. The largest absolute Gasteiger partial charge is 0.311 e. The fourth-order valence-corrected chi connectivity index (χ4v) is 3.42. The van der Waals surface area contributed by atoms with Crippen molar-refractivity contribution in [1.29, 1.82) is 0 Å².